The summed E-state index contributed by atoms with van der Waals surface area (Å²) in [6.07, 6.45) is 1.12. The Morgan fingerprint density at radius 3 is 3.06 bits per heavy atom. The van der Waals surface area contributed by atoms with Crippen molar-refractivity contribution in [3.8, 4) is 0 Å². The van der Waals surface area contributed by atoms with E-state index in [1.165, 1.54) is 0 Å². The summed E-state index contributed by atoms with van der Waals surface area (Å²) in [6, 6.07) is 5.49. The van der Waals surface area contributed by atoms with Crippen LogP contribution in [0.4, 0.5) is 10.2 Å². The monoisotopic (exact) mass is 297 g/mol. The molecule has 0 saturated heterocycles. The average molecular weight is 298 g/mol. The van der Waals surface area contributed by atoms with Gasteiger partial charge in [0.05, 0.1) is 11.4 Å². The van der Waals surface area contributed by atoms with E-state index in [1.54, 1.807) is 16.8 Å². The first-order valence-electron chi connectivity index (χ1n) is 5.23. The normalized spacial score (nSPS) is 22.7. The number of fused-ring (bicyclic) bond motifs is 1. The molecule has 2 unspecified atom stereocenters. The van der Waals surface area contributed by atoms with Gasteiger partial charge in [0, 0.05) is 16.7 Å². The lowest BCUT2D eigenvalue weighted by Gasteiger charge is -1.97. The third-order valence-electron chi connectivity index (χ3n) is 2.73. The van der Waals surface area contributed by atoms with Gasteiger partial charge >= 0.3 is 0 Å². The number of nitrogens with one attached hydrogen (secondary N) is 1. The molecule has 0 aromatic carbocycles. The van der Waals surface area contributed by atoms with Crippen molar-refractivity contribution < 1.29 is 9.18 Å². The minimum Gasteiger partial charge on any atom is -0.309 e. The summed E-state index contributed by atoms with van der Waals surface area (Å²) in [5.74, 6) is -0.335. The molecule has 1 aliphatic carbocycles. The highest BCUT2D eigenvalue weighted by molar-refractivity contribution is 9.10. The molecule has 0 bridgehead atoms. The number of halogens is 2. The van der Waals surface area contributed by atoms with Gasteiger partial charge in [-0.15, -0.1) is 0 Å². The number of aromatic nitrogens is 2. The van der Waals surface area contributed by atoms with E-state index in [1.807, 2.05) is 12.1 Å². The highest BCUT2D eigenvalue weighted by Crippen LogP contribution is 2.34. The second-order valence-corrected chi connectivity index (χ2v) is 5.01. The van der Waals surface area contributed by atoms with Gasteiger partial charge in [-0.1, -0.05) is 15.9 Å². The summed E-state index contributed by atoms with van der Waals surface area (Å²) in [5, 5.41) is 6.79. The van der Waals surface area contributed by atoms with Gasteiger partial charge in [-0.25, -0.2) is 8.91 Å². The molecule has 0 radical (unpaired) electrons. The van der Waals surface area contributed by atoms with Crippen molar-refractivity contribution in [1.82, 2.24) is 9.61 Å². The van der Waals surface area contributed by atoms with E-state index in [0.717, 1.165) is 9.99 Å². The average Bonchev–Trinajstić information content (AvgIpc) is 2.87. The molecule has 1 saturated carbocycles. The van der Waals surface area contributed by atoms with Crippen molar-refractivity contribution in [2.24, 2.45) is 5.92 Å². The molecule has 2 aromatic heterocycles. The minimum atomic E-state index is -0.985. The SMILES string of the molecule is O=C(Nc1cc2cc(Br)ccn2n1)C1CC1F. The van der Waals surface area contributed by atoms with Crippen molar-refractivity contribution in [3.63, 3.8) is 0 Å². The highest BCUT2D eigenvalue weighted by atomic mass is 79.9. The zero-order valence-corrected chi connectivity index (χ0v) is 10.3. The van der Waals surface area contributed by atoms with Crippen LogP contribution in [0.5, 0.6) is 0 Å². The number of anilines is 1. The van der Waals surface area contributed by atoms with Crippen LogP contribution in [0.15, 0.2) is 28.9 Å². The number of nitrogens with zero attached hydrogens (tertiary/aromatic N) is 2. The Morgan fingerprint density at radius 2 is 2.35 bits per heavy atom. The van der Waals surface area contributed by atoms with Crippen LogP contribution < -0.4 is 5.32 Å². The Hall–Kier alpha value is -1.43. The van der Waals surface area contributed by atoms with Crippen molar-refractivity contribution in [1.29, 1.82) is 0 Å². The highest BCUT2D eigenvalue weighted by Gasteiger charge is 2.43. The van der Waals surface area contributed by atoms with E-state index in [2.05, 4.69) is 26.3 Å². The number of pyridine rings is 1. The molecule has 17 heavy (non-hydrogen) atoms. The van der Waals surface area contributed by atoms with E-state index >= 15 is 0 Å². The second-order valence-electron chi connectivity index (χ2n) is 4.09. The van der Waals surface area contributed by atoms with Crippen LogP contribution in [-0.2, 0) is 4.79 Å². The van der Waals surface area contributed by atoms with Gasteiger partial charge in [-0.05, 0) is 18.6 Å². The quantitative estimate of drug-likeness (QED) is 0.925. The van der Waals surface area contributed by atoms with Crippen molar-refractivity contribution >= 4 is 33.2 Å². The summed E-state index contributed by atoms with van der Waals surface area (Å²) in [7, 11) is 0. The van der Waals surface area contributed by atoms with Crippen LogP contribution in [-0.4, -0.2) is 21.7 Å². The molecule has 2 atom stereocenters. The molecule has 2 heterocycles. The zero-order valence-electron chi connectivity index (χ0n) is 8.73. The minimum absolute atomic E-state index is 0.292. The number of hydrogen-bond donors (Lipinski definition) is 1. The number of hydrogen-bond acceptors (Lipinski definition) is 2. The van der Waals surface area contributed by atoms with Crippen LogP contribution in [0.2, 0.25) is 0 Å². The predicted octanol–water partition coefficient (Wildman–Crippen LogP) is 2.39. The first-order chi connectivity index (χ1) is 8.13. The van der Waals surface area contributed by atoms with Crippen molar-refractivity contribution in [2.75, 3.05) is 5.32 Å². The van der Waals surface area contributed by atoms with E-state index in [4.69, 9.17) is 0 Å². The Labute approximate surface area is 105 Å². The van der Waals surface area contributed by atoms with Gasteiger partial charge < -0.3 is 5.32 Å². The molecule has 1 amide bonds. The zero-order chi connectivity index (χ0) is 12.0. The van der Waals surface area contributed by atoms with Crippen LogP contribution >= 0.6 is 15.9 Å². The maximum atomic E-state index is 12.7. The summed E-state index contributed by atoms with van der Waals surface area (Å²) < 4.78 is 15.3. The van der Waals surface area contributed by atoms with Crippen LogP contribution in [0.3, 0.4) is 0 Å². The maximum Gasteiger partial charge on any atom is 0.231 e. The fourth-order valence-electron chi connectivity index (χ4n) is 1.68. The number of rotatable bonds is 2. The van der Waals surface area contributed by atoms with Crippen molar-refractivity contribution in [3.05, 3.63) is 28.9 Å². The fraction of sp³-hybridized carbons (Fsp3) is 0.273. The Kier molecular flexibility index (Phi) is 2.39. The molecule has 2 aromatic rings. The molecule has 1 fully saturated rings. The summed E-state index contributed by atoms with van der Waals surface area (Å²) in [6.45, 7) is 0. The third kappa shape index (κ3) is 2.04. The molecule has 0 spiro atoms. The molecule has 6 heteroatoms. The van der Waals surface area contributed by atoms with Crippen LogP contribution in [0.1, 0.15) is 6.42 Å². The van der Waals surface area contributed by atoms with Crippen molar-refractivity contribution in [2.45, 2.75) is 12.6 Å². The number of carbonyl (C=O) groups is 1. The Bertz CT molecular complexity index is 597. The molecular formula is C11H9BrFN3O. The standard InChI is InChI=1S/C11H9BrFN3O/c12-6-1-2-16-7(3-6)4-10(15-16)14-11(17)8-5-9(8)13/h1-4,8-9H,5H2,(H,14,15,17). The van der Waals surface area contributed by atoms with Gasteiger partial charge in [0.1, 0.15) is 6.17 Å². The lowest BCUT2D eigenvalue weighted by Crippen LogP contribution is -2.15. The Balaban J connectivity index is 1.83. The summed E-state index contributed by atoms with van der Waals surface area (Å²) >= 11 is 3.36. The summed E-state index contributed by atoms with van der Waals surface area (Å²) in [4.78, 5) is 11.5. The van der Waals surface area contributed by atoms with E-state index < -0.39 is 12.1 Å². The first-order valence-corrected chi connectivity index (χ1v) is 6.02. The Morgan fingerprint density at radius 1 is 1.59 bits per heavy atom. The lowest BCUT2D eigenvalue weighted by molar-refractivity contribution is -0.117. The van der Waals surface area contributed by atoms with Crippen LogP contribution in [0, 0.1) is 5.92 Å². The molecule has 0 aliphatic heterocycles. The topological polar surface area (TPSA) is 46.4 Å². The molecule has 88 valence electrons. The molecular weight excluding hydrogens is 289 g/mol. The van der Waals surface area contributed by atoms with Gasteiger partial charge in [0.2, 0.25) is 5.91 Å². The maximum absolute atomic E-state index is 12.7. The van der Waals surface area contributed by atoms with E-state index in [-0.39, 0.29) is 5.91 Å². The first kappa shape index (κ1) is 10.7. The second kappa shape index (κ2) is 3.80. The predicted molar refractivity (Wildman–Crippen MR) is 64.5 cm³/mol. The van der Waals surface area contributed by atoms with Gasteiger partial charge in [-0.3, -0.25) is 4.79 Å². The number of alkyl halides is 1. The molecule has 1 aliphatic rings. The van der Waals surface area contributed by atoms with Gasteiger partial charge in [0.25, 0.3) is 0 Å². The molecule has 1 N–H and O–H groups in total. The number of amides is 1. The largest absolute Gasteiger partial charge is 0.309 e. The summed E-state index contributed by atoms with van der Waals surface area (Å²) in [5.41, 5.74) is 0.863. The molecule has 3 rings (SSSR count). The lowest BCUT2D eigenvalue weighted by atomic mass is 10.4. The van der Waals surface area contributed by atoms with E-state index in [0.29, 0.717) is 12.2 Å². The van der Waals surface area contributed by atoms with Gasteiger partial charge in [-0.2, -0.15) is 5.10 Å². The van der Waals surface area contributed by atoms with Gasteiger partial charge in [0.15, 0.2) is 5.82 Å². The number of carbonyl (C=O) groups excluding carboxylic acids is 1. The fourth-order valence-corrected chi connectivity index (χ4v) is 2.04. The molecule has 4 nitrogen and oxygen atoms in total. The van der Waals surface area contributed by atoms with Crippen LogP contribution in [0.25, 0.3) is 5.52 Å². The third-order valence-corrected chi connectivity index (χ3v) is 3.22. The van der Waals surface area contributed by atoms with E-state index in [9.17, 15) is 9.18 Å². The smallest absolute Gasteiger partial charge is 0.231 e.